The van der Waals surface area contributed by atoms with Crippen molar-refractivity contribution in [3.8, 4) is 0 Å². The lowest BCUT2D eigenvalue weighted by molar-refractivity contribution is 0.102. The van der Waals surface area contributed by atoms with Crippen molar-refractivity contribution < 1.29 is 13.2 Å². The van der Waals surface area contributed by atoms with Crippen molar-refractivity contribution in [3.05, 3.63) is 58.0 Å². The van der Waals surface area contributed by atoms with Gasteiger partial charge in [0.1, 0.15) is 5.69 Å². The summed E-state index contributed by atoms with van der Waals surface area (Å²) in [6, 6.07) is 8.32. The molecule has 0 fully saturated rings. The first-order valence-electron chi connectivity index (χ1n) is 5.91. The fourth-order valence-electron chi connectivity index (χ4n) is 1.68. The fourth-order valence-corrected chi connectivity index (χ4v) is 2.22. The number of aromatic nitrogens is 1. The number of H-pyrrole nitrogens is 1. The predicted octanol–water partition coefficient (Wildman–Crippen LogP) is 0.583. The van der Waals surface area contributed by atoms with Crippen LogP contribution in [0.4, 0.5) is 5.69 Å². The minimum atomic E-state index is -3.86. The number of benzene rings is 1. The molecule has 1 heterocycles. The Balaban J connectivity index is 2.35. The molecular weight excluding hydrogens is 294 g/mol. The molecule has 8 heteroatoms. The molecule has 0 aliphatic carbocycles. The molecule has 110 valence electrons. The highest BCUT2D eigenvalue weighted by atomic mass is 32.2. The Bertz CT molecular complexity index is 856. The van der Waals surface area contributed by atoms with E-state index in [9.17, 15) is 18.0 Å². The Morgan fingerprint density at radius 3 is 2.57 bits per heavy atom. The summed E-state index contributed by atoms with van der Waals surface area (Å²) in [5.41, 5.74) is 0.630. The predicted molar refractivity (Wildman–Crippen MR) is 77.6 cm³/mol. The Morgan fingerprint density at radius 1 is 1.24 bits per heavy atom. The minimum Gasteiger partial charge on any atom is -0.320 e. The first-order valence-corrected chi connectivity index (χ1v) is 7.46. The zero-order chi connectivity index (χ0) is 15.6. The molecule has 0 saturated carbocycles. The van der Waals surface area contributed by atoms with Gasteiger partial charge in [-0.2, -0.15) is 0 Å². The summed E-state index contributed by atoms with van der Waals surface area (Å²) in [4.78, 5) is 25.5. The molecule has 1 aromatic heterocycles. The van der Waals surface area contributed by atoms with Crippen LogP contribution < -0.4 is 16.0 Å². The monoisotopic (exact) mass is 307 g/mol. The molecule has 0 aliphatic rings. The summed E-state index contributed by atoms with van der Waals surface area (Å²) in [5.74, 6) is -0.553. The highest BCUT2D eigenvalue weighted by Crippen LogP contribution is 2.19. The van der Waals surface area contributed by atoms with Crippen molar-refractivity contribution >= 4 is 21.6 Å². The number of nitrogens with one attached hydrogen (secondary N) is 2. The number of sulfonamides is 1. The van der Waals surface area contributed by atoms with Gasteiger partial charge in [-0.25, -0.2) is 13.6 Å². The van der Waals surface area contributed by atoms with E-state index in [-0.39, 0.29) is 10.6 Å². The van der Waals surface area contributed by atoms with E-state index < -0.39 is 21.5 Å². The molecule has 1 amide bonds. The van der Waals surface area contributed by atoms with Gasteiger partial charge in [0.15, 0.2) is 0 Å². The third kappa shape index (κ3) is 3.56. The van der Waals surface area contributed by atoms with Crippen molar-refractivity contribution in [2.24, 2.45) is 5.14 Å². The number of amides is 1. The topological polar surface area (TPSA) is 122 Å². The second kappa shape index (κ2) is 5.51. The van der Waals surface area contributed by atoms with Crippen molar-refractivity contribution in [1.82, 2.24) is 4.98 Å². The van der Waals surface area contributed by atoms with Gasteiger partial charge >= 0.3 is 0 Å². The maximum atomic E-state index is 12.0. The summed E-state index contributed by atoms with van der Waals surface area (Å²) < 4.78 is 22.6. The van der Waals surface area contributed by atoms with Gasteiger partial charge in [-0.15, -0.1) is 0 Å². The molecule has 7 nitrogen and oxygen atoms in total. The van der Waals surface area contributed by atoms with Gasteiger partial charge in [0.05, 0.1) is 4.90 Å². The highest BCUT2D eigenvalue weighted by molar-refractivity contribution is 7.89. The van der Waals surface area contributed by atoms with Gasteiger partial charge in [-0.3, -0.25) is 9.59 Å². The summed E-state index contributed by atoms with van der Waals surface area (Å²) in [6.45, 7) is 1.70. The average Bonchev–Trinajstić information content (AvgIpc) is 2.40. The third-order valence-electron chi connectivity index (χ3n) is 2.80. The number of hydrogen-bond donors (Lipinski definition) is 3. The van der Waals surface area contributed by atoms with E-state index in [2.05, 4.69) is 10.3 Å². The highest BCUT2D eigenvalue weighted by Gasteiger charge is 2.13. The molecule has 21 heavy (non-hydrogen) atoms. The molecule has 2 aromatic rings. The number of aromatic amines is 1. The van der Waals surface area contributed by atoms with Gasteiger partial charge in [0, 0.05) is 11.8 Å². The molecule has 0 radical (unpaired) electrons. The molecule has 0 aliphatic heterocycles. The lowest BCUT2D eigenvalue weighted by Crippen LogP contribution is -2.19. The molecule has 0 saturated heterocycles. The number of pyridine rings is 1. The van der Waals surface area contributed by atoms with Gasteiger partial charge in [-0.1, -0.05) is 12.1 Å². The van der Waals surface area contributed by atoms with Gasteiger partial charge in [0.2, 0.25) is 15.6 Å². The van der Waals surface area contributed by atoms with Crippen LogP contribution in [0.25, 0.3) is 0 Å². The second-order valence-electron chi connectivity index (χ2n) is 4.40. The number of anilines is 1. The van der Waals surface area contributed by atoms with Crippen LogP contribution in [0.1, 0.15) is 16.1 Å². The van der Waals surface area contributed by atoms with Crippen LogP contribution >= 0.6 is 0 Å². The second-order valence-corrected chi connectivity index (χ2v) is 5.97. The number of hydrogen-bond acceptors (Lipinski definition) is 4. The molecule has 1 aromatic carbocycles. The zero-order valence-corrected chi connectivity index (χ0v) is 11.9. The number of primary sulfonamides is 1. The number of nitrogens with two attached hydrogens (primary N) is 1. The van der Waals surface area contributed by atoms with Crippen LogP contribution in [0, 0.1) is 6.92 Å². The van der Waals surface area contributed by atoms with E-state index in [0.29, 0.717) is 11.3 Å². The van der Waals surface area contributed by atoms with E-state index in [0.717, 1.165) is 0 Å². The molecular formula is C13H13N3O4S. The lowest BCUT2D eigenvalue weighted by atomic mass is 10.2. The van der Waals surface area contributed by atoms with Crippen molar-refractivity contribution in [2.75, 3.05) is 5.32 Å². The number of carbonyl (C=O) groups is 1. The third-order valence-corrected chi connectivity index (χ3v) is 3.71. The fraction of sp³-hybridized carbons (Fsp3) is 0.0769. The summed E-state index contributed by atoms with van der Waals surface area (Å²) in [6.07, 6.45) is 0. The molecule has 2 rings (SSSR count). The first-order chi connectivity index (χ1) is 9.77. The van der Waals surface area contributed by atoms with E-state index in [4.69, 9.17) is 5.14 Å². The minimum absolute atomic E-state index is 0.0721. The largest absolute Gasteiger partial charge is 0.320 e. The van der Waals surface area contributed by atoms with Crippen LogP contribution in [-0.4, -0.2) is 19.3 Å². The molecule has 4 N–H and O–H groups in total. The van der Waals surface area contributed by atoms with Crippen LogP contribution in [0.3, 0.4) is 0 Å². The average molecular weight is 307 g/mol. The van der Waals surface area contributed by atoms with E-state index in [1.807, 2.05) is 0 Å². The zero-order valence-electron chi connectivity index (χ0n) is 11.1. The van der Waals surface area contributed by atoms with Gasteiger partial charge in [0.25, 0.3) is 5.91 Å². The summed E-state index contributed by atoms with van der Waals surface area (Å²) in [5, 5.41) is 7.59. The number of aryl methyl sites for hydroxylation is 1. The van der Waals surface area contributed by atoms with Gasteiger partial charge < -0.3 is 10.3 Å². The summed E-state index contributed by atoms with van der Waals surface area (Å²) in [7, 11) is -3.86. The molecule has 0 unspecified atom stereocenters. The quantitative estimate of drug-likeness (QED) is 0.767. The Labute approximate surface area is 120 Å². The van der Waals surface area contributed by atoms with Crippen molar-refractivity contribution in [1.29, 1.82) is 0 Å². The molecule has 0 spiro atoms. The Morgan fingerprint density at radius 2 is 1.95 bits per heavy atom. The normalized spacial score (nSPS) is 11.1. The van der Waals surface area contributed by atoms with E-state index in [1.165, 1.54) is 36.4 Å². The van der Waals surface area contributed by atoms with Crippen molar-refractivity contribution in [2.45, 2.75) is 11.8 Å². The van der Waals surface area contributed by atoms with Crippen LogP contribution in [0.15, 0.2) is 46.1 Å². The van der Waals surface area contributed by atoms with Gasteiger partial charge in [-0.05, 0) is 30.7 Å². The maximum absolute atomic E-state index is 12.0. The SMILES string of the molecule is Cc1ccc(S(N)(=O)=O)cc1NC(=O)c1cccc(=O)[nH]1. The Hall–Kier alpha value is -2.45. The van der Waals surface area contributed by atoms with Crippen LogP contribution in [0.5, 0.6) is 0 Å². The molecule has 0 atom stereocenters. The van der Waals surface area contributed by atoms with Crippen LogP contribution in [-0.2, 0) is 10.0 Å². The van der Waals surface area contributed by atoms with Crippen LogP contribution in [0.2, 0.25) is 0 Å². The number of carbonyl (C=O) groups excluding carboxylic acids is 1. The summed E-state index contributed by atoms with van der Waals surface area (Å²) >= 11 is 0. The first kappa shape index (κ1) is 14.9. The van der Waals surface area contributed by atoms with Crippen molar-refractivity contribution in [3.63, 3.8) is 0 Å². The lowest BCUT2D eigenvalue weighted by Gasteiger charge is -2.09. The maximum Gasteiger partial charge on any atom is 0.272 e. The standard InChI is InChI=1S/C13H13N3O4S/c1-8-5-6-9(21(14,19)20)7-11(8)16-13(18)10-3-2-4-12(17)15-10/h2-7H,1H3,(H,15,17)(H,16,18)(H2,14,19,20). The van der Waals surface area contributed by atoms with E-state index in [1.54, 1.807) is 6.92 Å². The number of rotatable bonds is 3. The molecule has 0 bridgehead atoms. The van der Waals surface area contributed by atoms with E-state index >= 15 is 0 Å². The Kier molecular flexibility index (Phi) is 3.92. The smallest absolute Gasteiger partial charge is 0.272 e.